The molecule has 2 amide bonds. The molecule has 0 bridgehead atoms. The van der Waals surface area contributed by atoms with Crippen LogP contribution in [0.4, 0.5) is 5.13 Å². The molecule has 0 saturated carbocycles. The van der Waals surface area contributed by atoms with Gasteiger partial charge in [-0.05, 0) is 12.1 Å². The summed E-state index contributed by atoms with van der Waals surface area (Å²) in [6.45, 7) is 2.20. The highest BCUT2D eigenvalue weighted by Crippen LogP contribution is 2.40. The highest BCUT2D eigenvalue weighted by atomic mass is 35.5. The van der Waals surface area contributed by atoms with E-state index in [1.807, 2.05) is 28.2 Å². The number of aliphatic carboxylic acids is 1. The third-order valence-corrected chi connectivity index (χ3v) is 8.45. The third kappa shape index (κ3) is 4.30. The van der Waals surface area contributed by atoms with Crippen molar-refractivity contribution in [2.75, 3.05) is 18.6 Å². The summed E-state index contributed by atoms with van der Waals surface area (Å²) in [5.41, 5.74) is 8.04. The van der Waals surface area contributed by atoms with E-state index in [-0.39, 0.29) is 28.8 Å². The lowest BCUT2D eigenvalue weighted by molar-refractivity contribution is -0.694. The Hall–Kier alpha value is -3.62. The molecule has 0 aliphatic carbocycles. The Morgan fingerprint density at radius 3 is 2.89 bits per heavy atom. The second kappa shape index (κ2) is 9.68. The minimum atomic E-state index is -1.21. The summed E-state index contributed by atoms with van der Waals surface area (Å²) >= 11 is 8.71. The van der Waals surface area contributed by atoms with Crippen molar-refractivity contribution in [2.45, 2.75) is 24.9 Å². The number of hydrogen-bond donors (Lipinski definition) is 3. The third-order valence-electron chi connectivity index (χ3n) is 6.13. The summed E-state index contributed by atoms with van der Waals surface area (Å²) in [6, 6.07) is 2.75. The normalized spacial score (nSPS) is 19.6. The number of carbonyl (C=O) groups is 3. The van der Waals surface area contributed by atoms with Crippen LogP contribution in [0.3, 0.4) is 0 Å². The first-order chi connectivity index (χ1) is 17.7. The van der Waals surface area contributed by atoms with Gasteiger partial charge in [-0.1, -0.05) is 16.8 Å². The molecule has 1 fully saturated rings. The predicted molar refractivity (Wildman–Crippen MR) is 137 cm³/mol. The molecule has 4 N–H and O–H groups in total. The number of anilines is 1. The van der Waals surface area contributed by atoms with Crippen LogP contribution in [0.1, 0.15) is 11.4 Å². The predicted octanol–water partition coefficient (Wildman–Crippen LogP) is 1.02. The van der Waals surface area contributed by atoms with Gasteiger partial charge < -0.3 is 21.0 Å². The SMILES string of the molecule is CO/N=C(\C(=O)N[C@@H]1C(=O)N2C(C(=O)O)=C(C[n+]3ccn4c(Cl)ccc4c3C)CS[C@@H]12)c1csc(N)n1. The molecule has 192 valence electrons. The lowest BCUT2D eigenvalue weighted by Crippen LogP contribution is -2.71. The molecule has 2 aliphatic rings. The van der Waals surface area contributed by atoms with Gasteiger partial charge in [-0.2, -0.15) is 4.57 Å². The lowest BCUT2D eigenvalue weighted by atomic mass is 10.0. The van der Waals surface area contributed by atoms with Gasteiger partial charge >= 0.3 is 5.97 Å². The van der Waals surface area contributed by atoms with E-state index in [2.05, 4.69) is 15.5 Å². The molecule has 15 heteroatoms. The van der Waals surface area contributed by atoms with Crippen molar-refractivity contribution in [3.63, 3.8) is 0 Å². The van der Waals surface area contributed by atoms with Crippen LogP contribution in [0, 0.1) is 6.92 Å². The Morgan fingerprint density at radius 2 is 2.22 bits per heavy atom. The fourth-order valence-electron chi connectivity index (χ4n) is 4.36. The number of amides is 2. The average molecular weight is 563 g/mol. The zero-order chi connectivity index (χ0) is 26.4. The van der Waals surface area contributed by atoms with Crippen LogP contribution in [-0.4, -0.2) is 67.2 Å². The number of carboxylic acid groups (broad SMARTS) is 1. The number of carbonyl (C=O) groups excluding carboxylic acids is 2. The number of nitrogens with one attached hydrogen (secondary N) is 1. The average Bonchev–Trinajstić information content (AvgIpc) is 3.47. The maximum Gasteiger partial charge on any atom is 0.352 e. The van der Waals surface area contributed by atoms with Crippen molar-refractivity contribution >= 4 is 68.8 Å². The van der Waals surface area contributed by atoms with Crippen LogP contribution >= 0.6 is 34.7 Å². The fraction of sp³-hybridized carbons (Fsp3) is 0.273. The van der Waals surface area contributed by atoms with Gasteiger partial charge in [-0.25, -0.2) is 9.78 Å². The number of nitrogen functional groups attached to an aromatic ring is 1. The summed E-state index contributed by atoms with van der Waals surface area (Å²) < 4.78 is 3.75. The van der Waals surface area contributed by atoms with Crippen molar-refractivity contribution in [2.24, 2.45) is 5.16 Å². The summed E-state index contributed by atoms with van der Waals surface area (Å²) in [5, 5.41) is 18.2. The molecule has 2 atom stereocenters. The van der Waals surface area contributed by atoms with Crippen LogP contribution in [0.5, 0.6) is 0 Å². The number of rotatable bonds is 7. The van der Waals surface area contributed by atoms with Gasteiger partial charge in [0.2, 0.25) is 5.69 Å². The van der Waals surface area contributed by atoms with Gasteiger partial charge in [0, 0.05) is 23.6 Å². The Morgan fingerprint density at radius 1 is 1.43 bits per heavy atom. The zero-order valence-electron chi connectivity index (χ0n) is 19.5. The number of fused-ring (bicyclic) bond motifs is 2. The molecule has 5 heterocycles. The number of thioether (sulfide) groups is 1. The van der Waals surface area contributed by atoms with E-state index >= 15 is 0 Å². The Bertz CT molecular complexity index is 1510. The largest absolute Gasteiger partial charge is 0.477 e. The van der Waals surface area contributed by atoms with Gasteiger partial charge in [-0.15, -0.1) is 23.1 Å². The van der Waals surface area contributed by atoms with Crippen molar-refractivity contribution in [1.29, 1.82) is 0 Å². The number of nitrogens with two attached hydrogens (primary N) is 1. The monoisotopic (exact) mass is 562 g/mol. The molecular formula is C22H21ClN7O5S2+. The molecule has 5 rings (SSSR count). The van der Waals surface area contributed by atoms with Crippen molar-refractivity contribution in [3.05, 3.63) is 57.7 Å². The molecule has 3 aromatic rings. The van der Waals surface area contributed by atoms with Crippen molar-refractivity contribution in [1.82, 2.24) is 19.6 Å². The number of oxime groups is 1. The van der Waals surface area contributed by atoms with Crippen molar-refractivity contribution < 1.29 is 28.9 Å². The molecule has 12 nitrogen and oxygen atoms in total. The molecule has 0 radical (unpaired) electrons. The van der Waals surface area contributed by atoms with Crippen LogP contribution in [-0.2, 0) is 25.8 Å². The van der Waals surface area contributed by atoms with E-state index in [9.17, 15) is 19.5 Å². The number of carboxylic acids is 1. The van der Waals surface area contributed by atoms with Crippen molar-refractivity contribution in [3.8, 4) is 0 Å². The lowest BCUT2D eigenvalue weighted by Gasteiger charge is -2.49. The van der Waals surface area contributed by atoms with E-state index in [0.29, 0.717) is 16.5 Å². The Labute approximate surface area is 223 Å². The molecule has 0 aromatic carbocycles. The minimum absolute atomic E-state index is 0.0718. The molecule has 0 unspecified atom stereocenters. The molecule has 1 saturated heterocycles. The van der Waals surface area contributed by atoms with E-state index in [1.165, 1.54) is 23.8 Å². The van der Waals surface area contributed by atoms with E-state index < -0.39 is 29.2 Å². The summed E-state index contributed by atoms with van der Waals surface area (Å²) in [7, 11) is 1.28. The number of halogens is 1. The number of hydrogen-bond acceptors (Lipinski definition) is 9. The number of β-lactam (4-membered cyclic amide) rings is 1. The van der Waals surface area contributed by atoms with Gasteiger partial charge in [-0.3, -0.25) is 18.9 Å². The van der Waals surface area contributed by atoms with Crippen LogP contribution in [0.2, 0.25) is 5.15 Å². The highest BCUT2D eigenvalue weighted by Gasteiger charge is 2.54. The topological polar surface area (TPSA) is 156 Å². The fourth-order valence-corrected chi connectivity index (χ4v) is 6.45. The first-order valence-electron chi connectivity index (χ1n) is 10.9. The number of aromatic nitrogens is 3. The first-order valence-corrected chi connectivity index (χ1v) is 13.2. The van der Waals surface area contributed by atoms with Gasteiger partial charge in [0.15, 0.2) is 23.6 Å². The standard InChI is InChI=1S/C22H20ClN7O5S2/c1-10-13-3-4-14(23)29(13)6-5-28(10)7-11-8-36-20-16(19(32)30(20)17(11)21(33)34)26-18(31)15(27-35-2)12-9-37-22(24)25-12/h3-6,9,16,20H,7-8H2,1-2H3,(H3-,24,25,26,31,33,34)/p+1/b27-15-/t16-,20+/m1/s1. The molecule has 3 aromatic heterocycles. The van der Waals surface area contributed by atoms with E-state index in [1.54, 1.807) is 17.6 Å². The van der Waals surface area contributed by atoms with Gasteiger partial charge in [0.1, 0.15) is 40.6 Å². The second-order valence-corrected chi connectivity index (χ2v) is 10.6. The summed E-state index contributed by atoms with van der Waals surface area (Å²) in [4.78, 5) is 48.3. The molecule has 2 aliphatic heterocycles. The second-order valence-electron chi connectivity index (χ2n) is 8.23. The van der Waals surface area contributed by atoms with E-state index in [0.717, 1.165) is 22.5 Å². The molecular weight excluding hydrogens is 542 g/mol. The maximum atomic E-state index is 13.1. The smallest absolute Gasteiger partial charge is 0.352 e. The zero-order valence-corrected chi connectivity index (χ0v) is 21.9. The summed E-state index contributed by atoms with van der Waals surface area (Å²) in [5.74, 6) is -2.04. The summed E-state index contributed by atoms with van der Waals surface area (Å²) in [6.07, 6.45) is 3.63. The first kappa shape index (κ1) is 25.0. The molecule has 0 spiro atoms. The van der Waals surface area contributed by atoms with Crippen LogP contribution in [0.15, 0.2) is 46.3 Å². The Balaban J connectivity index is 1.38. The highest BCUT2D eigenvalue weighted by molar-refractivity contribution is 8.00. The number of nitrogens with zero attached hydrogens (tertiary/aromatic N) is 5. The van der Waals surface area contributed by atoms with Gasteiger partial charge in [0.05, 0.1) is 6.20 Å². The minimum Gasteiger partial charge on any atom is -0.477 e. The number of thiazole rings is 1. The number of aryl methyl sites for hydroxylation is 1. The van der Waals surface area contributed by atoms with Crippen LogP contribution < -0.4 is 15.6 Å². The quantitative estimate of drug-likeness (QED) is 0.167. The molecule has 37 heavy (non-hydrogen) atoms. The Kier molecular flexibility index (Phi) is 6.56. The maximum absolute atomic E-state index is 13.1. The van der Waals surface area contributed by atoms with E-state index in [4.69, 9.17) is 22.2 Å². The van der Waals surface area contributed by atoms with Crippen LogP contribution in [0.25, 0.3) is 5.52 Å². The van der Waals surface area contributed by atoms with Gasteiger partial charge in [0.25, 0.3) is 11.8 Å².